The zero-order valence-electron chi connectivity index (χ0n) is 10.1. The molecule has 0 aliphatic carbocycles. The van der Waals surface area contributed by atoms with Crippen molar-refractivity contribution in [3.05, 3.63) is 35.7 Å². The Kier molecular flexibility index (Phi) is 3.72. The van der Waals surface area contributed by atoms with Gasteiger partial charge in [0.2, 0.25) is 11.7 Å². The fourth-order valence-corrected chi connectivity index (χ4v) is 1.68. The molecule has 1 N–H and O–H groups in total. The van der Waals surface area contributed by atoms with Crippen molar-refractivity contribution < 1.29 is 14.4 Å². The van der Waals surface area contributed by atoms with Crippen LogP contribution in [-0.4, -0.2) is 21.2 Å². The normalized spacial score (nSPS) is 10.5. The molecule has 0 atom stereocenters. The highest BCUT2D eigenvalue weighted by molar-refractivity contribution is 5.66. The van der Waals surface area contributed by atoms with Gasteiger partial charge in [-0.3, -0.25) is 4.79 Å². The molecule has 94 valence electrons. The van der Waals surface area contributed by atoms with Gasteiger partial charge in [0.1, 0.15) is 0 Å². The van der Waals surface area contributed by atoms with Crippen LogP contribution in [0.15, 0.2) is 28.8 Å². The van der Waals surface area contributed by atoms with E-state index < -0.39 is 5.97 Å². The maximum Gasteiger partial charge on any atom is 0.303 e. The number of hydrogen-bond acceptors (Lipinski definition) is 4. The number of carbonyl (C=O) groups is 1. The number of nitrogens with zero attached hydrogens (tertiary/aromatic N) is 2. The van der Waals surface area contributed by atoms with Crippen molar-refractivity contribution in [1.82, 2.24) is 10.1 Å². The van der Waals surface area contributed by atoms with Crippen molar-refractivity contribution in [2.45, 2.75) is 26.2 Å². The Morgan fingerprint density at radius 3 is 2.89 bits per heavy atom. The molecule has 0 aliphatic rings. The van der Waals surface area contributed by atoms with Gasteiger partial charge in [0.05, 0.1) is 0 Å². The molecule has 1 aromatic carbocycles. The Balaban J connectivity index is 2.06. The fraction of sp³-hybridized carbons (Fsp3) is 0.308. The lowest BCUT2D eigenvalue weighted by atomic mass is 10.1. The number of carboxylic acids is 1. The Labute approximate surface area is 104 Å². The molecular formula is C13H14N2O3. The molecule has 5 nitrogen and oxygen atoms in total. The van der Waals surface area contributed by atoms with Crippen LogP contribution in [0.25, 0.3) is 11.4 Å². The van der Waals surface area contributed by atoms with Gasteiger partial charge in [-0.25, -0.2) is 0 Å². The summed E-state index contributed by atoms with van der Waals surface area (Å²) in [5, 5.41) is 12.5. The van der Waals surface area contributed by atoms with Gasteiger partial charge in [0, 0.05) is 18.4 Å². The van der Waals surface area contributed by atoms with Gasteiger partial charge in [-0.05, 0) is 18.9 Å². The van der Waals surface area contributed by atoms with Gasteiger partial charge in [-0.1, -0.05) is 29.4 Å². The monoisotopic (exact) mass is 246 g/mol. The molecule has 0 unspecified atom stereocenters. The van der Waals surface area contributed by atoms with Crippen molar-refractivity contribution in [2.24, 2.45) is 0 Å². The van der Waals surface area contributed by atoms with E-state index in [9.17, 15) is 4.79 Å². The molecule has 2 aromatic rings. The first-order valence-corrected chi connectivity index (χ1v) is 5.77. The van der Waals surface area contributed by atoms with Crippen LogP contribution in [0.4, 0.5) is 0 Å². The molecule has 18 heavy (non-hydrogen) atoms. The molecule has 1 aromatic heterocycles. The van der Waals surface area contributed by atoms with E-state index in [-0.39, 0.29) is 6.42 Å². The second-order valence-electron chi connectivity index (χ2n) is 4.07. The second kappa shape index (κ2) is 5.44. The first-order valence-electron chi connectivity index (χ1n) is 5.77. The predicted molar refractivity (Wildman–Crippen MR) is 65.0 cm³/mol. The first-order chi connectivity index (χ1) is 8.66. The molecule has 0 spiro atoms. The molecule has 0 saturated heterocycles. The summed E-state index contributed by atoms with van der Waals surface area (Å²) in [5.41, 5.74) is 2.01. The minimum Gasteiger partial charge on any atom is -0.481 e. The first kappa shape index (κ1) is 12.3. The van der Waals surface area contributed by atoms with E-state index >= 15 is 0 Å². The quantitative estimate of drug-likeness (QED) is 0.876. The molecule has 2 rings (SSSR count). The van der Waals surface area contributed by atoms with E-state index in [2.05, 4.69) is 10.1 Å². The topological polar surface area (TPSA) is 76.2 Å². The van der Waals surface area contributed by atoms with Crippen LogP contribution in [0, 0.1) is 6.92 Å². The van der Waals surface area contributed by atoms with Gasteiger partial charge in [0.25, 0.3) is 0 Å². The van der Waals surface area contributed by atoms with E-state index in [0.29, 0.717) is 24.6 Å². The lowest BCUT2D eigenvalue weighted by Crippen LogP contribution is -1.96. The maximum atomic E-state index is 10.4. The summed E-state index contributed by atoms with van der Waals surface area (Å²) in [6, 6.07) is 7.78. The average Bonchev–Trinajstić information content (AvgIpc) is 2.78. The van der Waals surface area contributed by atoms with E-state index in [1.165, 1.54) is 0 Å². The van der Waals surface area contributed by atoms with E-state index in [1.807, 2.05) is 31.2 Å². The number of carboxylic acid groups (broad SMARTS) is 1. The fourth-order valence-electron chi connectivity index (χ4n) is 1.68. The Morgan fingerprint density at radius 2 is 2.17 bits per heavy atom. The number of aliphatic carboxylic acids is 1. The Hall–Kier alpha value is -2.17. The van der Waals surface area contributed by atoms with Crippen molar-refractivity contribution in [1.29, 1.82) is 0 Å². The largest absolute Gasteiger partial charge is 0.481 e. The van der Waals surface area contributed by atoms with Crippen molar-refractivity contribution >= 4 is 5.97 Å². The van der Waals surface area contributed by atoms with Gasteiger partial charge in [-0.2, -0.15) is 4.98 Å². The highest BCUT2D eigenvalue weighted by Gasteiger charge is 2.10. The Morgan fingerprint density at radius 1 is 1.39 bits per heavy atom. The summed E-state index contributed by atoms with van der Waals surface area (Å²) in [6.45, 7) is 1.98. The minimum absolute atomic E-state index is 0.113. The highest BCUT2D eigenvalue weighted by Crippen LogP contribution is 2.20. The van der Waals surface area contributed by atoms with Crippen LogP contribution in [0.1, 0.15) is 24.3 Å². The third kappa shape index (κ3) is 2.94. The zero-order chi connectivity index (χ0) is 13.0. The molecule has 0 amide bonds. The third-order valence-corrected chi connectivity index (χ3v) is 2.64. The van der Waals surface area contributed by atoms with Crippen LogP contribution in [0.2, 0.25) is 0 Å². The van der Waals surface area contributed by atoms with Gasteiger partial charge in [-0.15, -0.1) is 0 Å². The minimum atomic E-state index is -0.811. The number of aryl methyl sites for hydroxylation is 2. The van der Waals surface area contributed by atoms with Crippen molar-refractivity contribution in [2.75, 3.05) is 0 Å². The lowest BCUT2D eigenvalue weighted by Gasteiger charge is -1.97. The summed E-state index contributed by atoms with van der Waals surface area (Å²) in [4.78, 5) is 14.7. The summed E-state index contributed by atoms with van der Waals surface area (Å²) in [7, 11) is 0. The predicted octanol–water partition coefficient (Wildman–Crippen LogP) is 2.45. The maximum absolute atomic E-state index is 10.4. The van der Waals surface area contributed by atoms with Gasteiger partial charge < -0.3 is 9.63 Å². The number of hydrogen-bond donors (Lipinski definition) is 1. The molecule has 1 heterocycles. The standard InChI is InChI=1S/C13H14N2O3/c1-9-5-2-3-6-10(9)13-14-11(18-15-13)7-4-8-12(16)17/h2-3,5-6H,4,7-8H2,1H3,(H,16,17). The molecule has 0 bridgehead atoms. The van der Waals surface area contributed by atoms with E-state index in [4.69, 9.17) is 9.63 Å². The van der Waals surface area contributed by atoms with Crippen LogP contribution in [-0.2, 0) is 11.2 Å². The second-order valence-corrected chi connectivity index (χ2v) is 4.07. The average molecular weight is 246 g/mol. The Bertz CT molecular complexity index is 549. The van der Waals surface area contributed by atoms with Gasteiger partial charge >= 0.3 is 5.97 Å². The molecule has 0 fully saturated rings. The van der Waals surface area contributed by atoms with E-state index in [1.54, 1.807) is 0 Å². The summed E-state index contributed by atoms with van der Waals surface area (Å²) >= 11 is 0. The van der Waals surface area contributed by atoms with Crippen LogP contribution >= 0.6 is 0 Å². The van der Waals surface area contributed by atoms with Crippen molar-refractivity contribution in [3.8, 4) is 11.4 Å². The molecule has 0 saturated carbocycles. The molecule has 0 radical (unpaired) electrons. The smallest absolute Gasteiger partial charge is 0.303 e. The van der Waals surface area contributed by atoms with Crippen LogP contribution in [0.5, 0.6) is 0 Å². The number of rotatable bonds is 5. The molecule has 0 aliphatic heterocycles. The lowest BCUT2D eigenvalue weighted by molar-refractivity contribution is -0.137. The highest BCUT2D eigenvalue weighted by atomic mass is 16.5. The number of benzene rings is 1. The van der Waals surface area contributed by atoms with Gasteiger partial charge in [0.15, 0.2) is 0 Å². The third-order valence-electron chi connectivity index (χ3n) is 2.64. The van der Waals surface area contributed by atoms with Crippen molar-refractivity contribution in [3.63, 3.8) is 0 Å². The van der Waals surface area contributed by atoms with Crippen LogP contribution in [0.3, 0.4) is 0 Å². The summed E-state index contributed by atoms with van der Waals surface area (Å²) in [5.74, 6) is 0.224. The van der Waals surface area contributed by atoms with Crippen LogP contribution < -0.4 is 0 Å². The molecular weight excluding hydrogens is 232 g/mol. The summed E-state index contributed by atoms with van der Waals surface area (Å²) in [6.07, 6.45) is 1.11. The van der Waals surface area contributed by atoms with E-state index in [0.717, 1.165) is 11.1 Å². The number of aromatic nitrogens is 2. The summed E-state index contributed by atoms with van der Waals surface area (Å²) < 4.78 is 5.10. The zero-order valence-corrected chi connectivity index (χ0v) is 10.1. The SMILES string of the molecule is Cc1ccccc1-c1noc(CCCC(=O)O)n1. The molecule has 5 heteroatoms.